The normalized spacial score (nSPS) is 11.9. The Morgan fingerprint density at radius 2 is 0.750 bits per heavy atom. The zero-order chi connectivity index (χ0) is 47.4. The van der Waals surface area contributed by atoms with E-state index in [2.05, 4.69) is 130 Å². The number of fused-ring (bicyclic) bond motifs is 12. The van der Waals surface area contributed by atoms with Gasteiger partial charge in [0.15, 0.2) is 17.5 Å². The maximum Gasteiger partial charge on any atom is 0.166 e. The van der Waals surface area contributed by atoms with E-state index in [4.69, 9.17) is 23.8 Å². The lowest BCUT2D eigenvalue weighted by Crippen LogP contribution is -2.10. The second-order valence-corrected chi connectivity index (χ2v) is 18.2. The summed E-state index contributed by atoms with van der Waals surface area (Å²) in [7, 11) is 0. The van der Waals surface area contributed by atoms with Crippen LogP contribution in [0.4, 0.5) is 0 Å². The molecule has 10 aromatic carbocycles. The highest BCUT2D eigenvalue weighted by Gasteiger charge is 2.30. The first kappa shape index (κ1) is 39.9. The van der Waals surface area contributed by atoms with Gasteiger partial charge in [0.1, 0.15) is 28.4 Å². The van der Waals surface area contributed by atoms with Crippen molar-refractivity contribution in [2.45, 2.75) is 0 Å². The molecule has 0 radical (unpaired) electrons. The second kappa shape index (κ2) is 15.5. The molecule has 0 N–H and O–H groups in total. The predicted octanol–water partition coefficient (Wildman–Crippen LogP) is 16.4. The number of para-hydroxylation sites is 4. The van der Waals surface area contributed by atoms with Crippen LogP contribution in [0.2, 0.25) is 0 Å². The van der Waals surface area contributed by atoms with E-state index in [0.29, 0.717) is 28.6 Å². The fourth-order valence-electron chi connectivity index (χ4n) is 11.0. The minimum absolute atomic E-state index is 0.424. The Labute approximate surface area is 410 Å². The summed E-state index contributed by atoms with van der Waals surface area (Å²) in [6.07, 6.45) is 0. The van der Waals surface area contributed by atoms with Crippen molar-refractivity contribution in [2.75, 3.05) is 0 Å². The van der Waals surface area contributed by atoms with Gasteiger partial charge in [0.25, 0.3) is 0 Å². The number of rotatable bonds is 6. The summed E-state index contributed by atoms with van der Waals surface area (Å²) in [5.41, 5.74) is 13.1. The van der Waals surface area contributed by atoms with Crippen LogP contribution in [0.25, 0.3) is 144 Å². The van der Waals surface area contributed by atoms with E-state index < -0.39 is 0 Å². The average Bonchev–Trinajstić information content (AvgIpc) is 4.19. The van der Waals surface area contributed by atoms with Crippen molar-refractivity contribution < 1.29 is 8.83 Å². The molecule has 0 fully saturated rings. The summed E-state index contributed by atoms with van der Waals surface area (Å²) >= 11 is 0. The lowest BCUT2D eigenvalue weighted by atomic mass is 9.93. The molecule has 0 aliphatic carbocycles. The largest absolute Gasteiger partial charge is 0.456 e. The van der Waals surface area contributed by atoms with E-state index in [1.165, 1.54) is 0 Å². The Morgan fingerprint density at radius 3 is 1.25 bits per heavy atom. The molecule has 0 unspecified atom stereocenters. The van der Waals surface area contributed by atoms with Crippen molar-refractivity contribution in [3.05, 3.63) is 224 Å². The first-order valence-electron chi connectivity index (χ1n) is 23.9. The van der Waals surface area contributed by atoms with Gasteiger partial charge in [0, 0.05) is 65.3 Å². The van der Waals surface area contributed by atoms with Crippen LogP contribution in [-0.2, 0) is 0 Å². The monoisotopic (exact) mass is 920 g/mol. The Balaban J connectivity index is 1.17. The number of hydrogen-bond acceptors (Lipinski definition) is 6. The highest BCUT2D eigenvalue weighted by Crippen LogP contribution is 2.49. The van der Waals surface area contributed by atoms with Gasteiger partial charge in [-0.15, -0.1) is 0 Å². The first-order chi connectivity index (χ1) is 35.7. The van der Waals surface area contributed by atoms with Crippen LogP contribution >= 0.6 is 0 Å². The smallest absolute Gasteiger partial charge is 0.166 e. The van der Waals surface area contributed by atoms with Crippen LogP contribution in [0.3, 0.4) is 0 Å². The molecule has 8 nitrogen and oxygen atoms in total. The minimum Gasteiger partial charge on any atom is -0.456 e. The number of aromatic nitrogens is 5. The summed E-state index contributed by atoms with van der Waals surface area (Å²) in [5, 5.41) is 20.0. The Kier molecular flexibility index (Phi) is 8.55. The van der Waals surface area contributed by atoms with Gasteiger partial charge in [0.05, 0.1) is 39.0 Å². The summed E-state index contributed by atoms with van der Waals surface area (Å²) in [4.78, 5) is 15.9. The van der Waals surface area contributed by atoms with E-state index in [9.17, 15) is 5.26 Å². The van der Waals surface area contributed by atoms with E-state index in [0.717, 1.165) is 121 Å². The molecular formula is C64H36N6O2. The number of furan rings is 2. The summed E-state index contributed by atoms with van der Waals surface area (Å²) in [5.74, 6) is 1.45. The van der Waals surface area contributed by atoms with Crippen LogP contribution < -0.4 is 0 Å². The maximum absolute atomic E-state index is 11.9. The fraction of sp³-hybridized carbons (Fsp3) is 0. The van der Waals surface area contributed by atoms with Crippen molar-refractivity contribution in [2.24, 2.45) is 0 Å². The predicted molar refractivity (Wildman–Crippen MR) is 290 cm³/mol. The van der Waals surface area contributed by atoms with E-state index in [-0.39, 0.29) is 0 Å². The summed E-state index contributed by atoms with van der Waals surface area (Å²) in [6.45, 7) is 0. The number of benzene rings is 10. The Hall–Kier alpha value is -10.1. The van der Waals surface area contributed by atoms with Crippen molar-refractivity contribution in [1.29, 1.82) is 5.26 Å². The van der Waals surface area contributed by atoms with Gasteiger partial charge < -0.3 is 18.0 Å². The fourth-order valence-corrected chi connectivity index (χ4v) is 11.0. The molecular weight excluding hydrogens is 885 g/mol. The van der Waals surface area contributed by atoms with Gasteiger partial charge in [-0.3, -0.25) is 0 Å². The van der Waals surface area contributed by atoms with Crippen LogP contribution in [0.5, 0.6) is 0 Å². The molecule has 0 saturated carbocycles. The quantitative estimate of drug-likeness (QED) is 0.165. The van der Waals surface area contributed by atoms with E-state index in [1.807, 2.05) is 103 Å². The lowest BCUT2D eigenvalue weighted by Gasteiger charge is -2.24. The highest BCUT2D eigenvalue weighted by atomic mass is 16.3. The van der Waals surface area contributed by atoms with Crippen LogP contribution in [0, 0.1) is 11.3 Å². The molecule has 0 spiro atoms. The Bertz CT molecular complexity index is 4690. The zero-order valence-electron chi connectivity index (χ0n) is 38.3. The molecule has 0 bridgehead atoms. The molecule has 0 saturated heterocycles. The second-order valence-electron chi connectivity index (χ2n) is 18.2. The van der Waals surface area contributed by atoms with Gasteiger partial charge >= 0.3 is 0 Å². The molecule has 5 aromatic heterocycles. The summed E-state index contributed by atoms with van der Waals surface area (Å²) < 4.78 is 17.7. The Morgan fingerprint density at radius 1 is 0.333 bits per heavy atom. The van der Waals surface area contributed by atoms with Gasteiger partial charge in [0.2, 0.25) is 0 Å². The average molecular weight is 921 g/mol. The first-order valence-corrected chi connectivity index (χ1v) is 23.9. The third kappa shape index (κ3) is 5.89. The van der Waals surface area contributed by atoms with Gasteiger partial charge in [-0.2, -0.15) is 5.26 Å². The molecule has 0 aliphatic rings. The molecule has 0 aliphatic heterocycles. The third-order valence-electron chi connectivity index (χ3n) is 14.2. The molecule has 0 amide bonds. The van der Waals surface area contributed by atoms with Crippen LogP contribution in [-0.4, -0.2) is 24.1 Å². The SMILES string of the molecule is N#Cc1cc(-c2nc(-c3ccccc3)nc(-c3ccccc3)n2)c(-n2c3ccccc3c3cc4oc5ccccc5c4cc32)c(-c2ccccc2)c1-n1c2ccccc2c2cc3oc4ccccc4c3cc21. The molecule has 15 rings (SSSR count). The van der Waals surface area contributed by atoms with Crippen LogP contribution in [0.1, 0.15) is 5.56 Å². The highest BCUT2D eigenvalue weighted by molar-refractivity contribution is 6.20. The van der Waals surface area contributed by atoms with Crippen molar-refractivity contribution >= 4 is 87.5 Å². The van der Waals surface area contributed by atoms with E-state index >= 15 is 0 Å². The number of nitrogens with zero attached hydrogens (tertiary/aromatic N) is 6. The topological polar surface area (TPSA) is 98.6 Å². The number of hydrogen-bond donors (Lipinski definition) is 0. The van der Waals surface area contributed by atoms with Gasteiger partial charge in [-0.05, 0) is 60.2 Å². The maximum atomic E-state index is 11.9. The van der Waals surface area contributed by atoms with Crippen molar-refractivity contribution in [3.63, 3.8) is 0 Å². The molecule has 8 heteroatoms. The lowest BCUT2D eigenvalue weighted by molar-refractivity contribution is 0.669. The standard InChI is InChI=1S/C64H36N6O2/c65-37-41-32-50(64-67-62(39-20-6-2-7-21-39)66-63(68-64)40-22-8-3-9-23-40)61(70-52-29-15-11-25-43(52)47-36-58-49(34-54(47)70)45-27-13-17-31-56(45)72-58)59(38-18-4-1-5-19-38)60(41)69-51-28-14-10-24-42(51)46-35-57-48(33-53(46)69)44-26-12-16-30-55(44)71-57/h1-36H. The van der Waals surface area contributed by atoms with Gasteiger partial charge in [-0.1, -0.05) is 164 Å². The molecule has 72 heavy (non-hydrogen) atoms. The molecule has 334 valence electrons. The van der Waals surface area contributed by atoms with Crippen molar-refractivity contribution in [3.8, 4) is 62.7 Å². The third-order valence-corrected chi connectivity index (χ3v) is 14.2. The molecule has 15 aromatic rings. The van der Waals surface area contributed by atoms with Crippen molar-refractivity contribution in [1.82, 2.24) is 24.1 Å². The summed E-state index contributed by atoms with van der Waals surface area (Å²) in [6, 6.07) is 77.3. The van der Waals surface area contributed by atoms with E-state index in [1.54, 1.807) is 0 Å². The molecule has 5 heterocycles. The van der Waals surface area contributed by atoms with Crippen LogP contribution in [0.15, 0.2) is 227 Å². The molecule has 0 atom stereocenters. The zero-order valence-corrected chi connectivity index (χ0v) is 38.3. The van der Waals surface area contributed by atoms with Gasteiger partial charge in [-0.25, -0.2) is 15.0 Å². The number of nitriles is 1. The minimum atomic E-state index is 0.424.